The highest BCUT2D eigenvalue weighted by atomic mass is 16.5. The molecule has 0 aliphatic carbocycles. The van der Waals surface area contributed by atoms with Crippen molar-refractivity contribution in [1.82, 2.24) is 5.32 Å². The highest BCUT2D eigenvalue weighted by Gasteiger charge is 1.98. The van der Waals surface area contributed by atoms with Gasteiger partial charge in [0.25, 0.3) is 0 Å². The number of hydrogen-bond acceptors (Lipinski definition) is 3. The fourth-order valence-electron chi connectivity index (χ4n) is 0.757. The molecule has 0 radical (unpaired) electrons. The summed E-state index contributed by atoms with van der Waals surface area (Å²) in [5.41, 5.74) is 0. The first-order valence-electron chi connectivity index (χ1n) is 4.58. The summed E-state index contributed by atoms with van der Waals surface area (Å²) in [4.78, 5) is 0. The Morgan fingerprint density at radius 1 is 1.33 bits per heavy atom. The number of rotatable bonds is 7. The molecule has 0 heterocycles. The van der Waals surface area contributed by atoms with E-state index in [1.54, 1.807) is 0 Å². The van der Waals surface area contributed by atoms with Crippen LogP contribution in [0.4, 0.5) is 0 Å². The van der Waals surface area contributed by atoms with Crippen LogP contribution in [-0.4, -0.2) is 37.5 Å². The molecule has 0 saturated heterocycles. The molecule has 0 amide bonds. The minimum atomic E-state index is 0.206. The summed E-state index contributed by atoms with van der Waals surface area (Å²) in [5.74, 6) is 0.254. The standard InChI is InChI=1S/C9H21NO2/c1-8(2)10-4-5-12-7-9(3)6-11/h8-11H,4-7H2,1-3H3. The van der Waals surface area contributed by atoms with Gasteiger partial charge in [-0.1, -0.05) is 20.8 Å². The Balaban J connectivity index is 3.00. The van der Waals surface area contributed by atoms with Crippen molar-refractivity contribution in [3.63, 3.8) is 0 Å². The summed E-state index contributed by atoms with van der Waals surface area (Å²) in [6.45, 7) is 8.65. The first kappa shape index (κ1) is 11.9. The lowest BCUT2D eigenvalue weighted by Gasteiger charge is -2.10. The number of hydrogen-bond donors (Lipinski definition) is 2. The summed E-state index contributed by atoms with van der Waals surface area (Å²) in [6.07, 6.45) is 0. The fraction of sp³-hybridized carbons (Fsp3) is 1.00. The van der Waals surface area contributed by atoms with Crippen LogP contribution in [0.3, 0.4) is 0 Å². The summed E-state index contributed by atoms with van der Waals surface area (Å²) < 4.78 is 5.31. The minimum absolute atomic E-state index is 0.206. The zero-order chi connectivity index (χ0) is 9.40. The second-order valence-electron chi connectivity index (χ2n) is 3.47. The molecule has 0 saturated carbocycles. The Labute approximate surface area is 75.1 Å². The Morgan fingerprint density at radius 3 is 2.50 bits per heavy atom. The molecule has 0 bridgehead atoms. The molecule has 74 valence electrons. The van der Waals surface area contributed by atoms with Crippen LogP contribution in [0.1, 0.15) is 20.8 Å². The summed E-state index contributed by atoms with van der Waals surface area (Å²) >= 11 is 0. The average Bonchev–Trinajstić information content (AvgIpc) is 2.03. The van der Waals surface area contributed by atoms with Crippen LogP contribution in [-0.2, 0) is 4.74 Å². The minimum Gasteiger partial charge on any atom is -0.396 e. The van der Waals surface area contributed by atoms with Crippen molar-refractivity contribution in [3.8, 4) is 0 Å². The summed E-state index contributed by atoms with van der Waals surface area (Å²) in [6, 6.07) is 0.517. The Kier molecular flexibility index (Phi) is 7.45. The van der Waals surface area contributed by atoms with Gasteiger partial charge in [0.2, 0.25) is 0 Å². The SMILES string of the molecule is CC(CO)COCCNC(C)C. The number of aliphatic hydroxyl groups is 1. The van der Waals surface area contributed by atoms with Crippen molar-refractivity contribution < 1.29 is 9.84 Å². The smallest absolute Gasteiger partial charge is 0.0591 e. The van der Waals surface area contributed by atoms with E-state index in [1.807, 2.05) is 6.92 Å². The molecule has 2 N–H and O–H groups in total. The normalized spacial score (nSPS) is 13.8. The lowest BCUT2D eigenvalue weighted by Crippen LogP contribution is -2.27. The fourth-order valence-corrected chi connectivity index (χ4v) is 0.757. The highest BCUT2D eigenvalue weighted by Crippen LogP contribution is 1.92. The molecule has 0 spiro atoms. The molecule has 0 aromatic rings. The Hall–Kier alpha value is -0.120. The maximum Gasteiger partial charge on any atom is 0.0591 e. The van der Waals surface area contributed by atoms with Gasteiger partial charge in [-0.25, -0.2) is 0 Å². The Morgan fingerprint density at radius 2 is 2.00 bits per heavy atom. The van der Waals surface area contributed by atoms with Gasteiger partial charge in [0.1, 0.15) is 0 Å². The molecule has 0 aromatic heterocycles. The van der Waals surface area contributed by atoms with Crippen molar-refractivity contribution in [3.05, 3.63) is 0 Å². The van der Waals surface area contributed by atoms with Crippen molar-refractivity contribution >= 4 is 0 Å². The van der Waals surface area contributed by atoms with Gasteiger partial charge in [0, 0.05) is 25.1 Å². The maximum atomic E-state index is 8.68. The van der Waals surface area contributed by atoms with Crippen LogP contribution in [0.25, 0.3) is 0 Å². The van der Waals surface area contributed by atoms with E-state index < -0.39 is 0 Å². The van der Waals surface area contributed by atoms with Crippen LogP contribution < -0.4 is 5.32 Å². The second kappa shape index (κ2) is 7.53. The van der Waals surface area contributed by atoms with Crippen LogP contribution in [0.15, 0.2) is 0 Å². The van der Waals surface area contributed by atoms with E-state index in [4.69, 9.17) is 9.84 Å². The predicted octanol–water partition coefficient (Wildman–Crippen LogP) is 0.629. The largest absolute Gasteiger partial charge is 0.396 e. The molecular formula is C9H21NO2. The molecule has 0 fully saturated rings. The summed E-state index contributed by atoms with van der Waals surface area (Å²) in [7, 11) is 0. The van der Waals surface area contributed by atoms with Crippen LogP contribution >= 0.6 is 0 Å². The number of ether oxygens (including phenoxy) is 1. The lowest BCUT2D eigenvalue weighted by molar-refractivity contribution is 0.0808. The third kappa shape index (κ3) is 7.98. The zero-order valence-corrected chi connectivity index (χ0v) is 8.34. The van der Waals surface area contributed by atoms with Gasteiger partial charge < -0.3 is 15.2 Å². The third-order valence-corrected chi connectivity index (χ3v) is 1.51. The molecular weight excluding hydrogens is 154 g/mol. The topological polar surface area (TPSA) is 41.5 Å². The van der Waals surface area contributed by atoms with Gasteiger partial charge in [-0.2, -0.15) is 0 Å². The van der Waals surface area contributed by atoms with E-state index in [0.717, 1.165) is 13.2 Å². The molecule has 1 unspecified atom stereocenters. The van der Waals surface area contributed by atoms with E-state index >= 15 is 0 Å². The van der Waals surface area contributed by atoms with E-state index in [2.05, 4.69) is 19.2 Å². The Bertz CT molecular complexity index is 96.5. The zero-order valence-electron chi connectivity index (χ0n) is 8.34. The molecule has 1 atom stereocenters. The number of nitrogens with one attached hydrogen (secondary N) is 1. The lowest BCUT2D eigenvalue weighted by atomic mass is 10.2. The first-order valence-corrected chi connectivity index (χ1v) is 4.58. The predicted molar refractivity (Wildman–Crippen MR) is 50.2 cm³/mol. The molecule has 0 aliphatic heterocycles. The molecule has 12 heavy (non-hydrogen) atoms. The molecule has 3 heteroatoms. The molecule has 0 aromatic carbocycles. The number of aliphatic hydroxyl groups excluding tert-OH is 1. The van der Waals surface area contributed by atoms with Crippen molar-refractivity contribution in [1.29, 1.82) is 0 Å². The molecule has 0 aliphatic rings. The maximum absolute atomic E-state index is 8.68. The van der Waals surface area contributed by atoms with Gasteiger partial charge in [-0.3, -0.25) is 0 Å². The quantitative estimate of drug-likeness (QED) is 0.558. The van der Waals surface area contributed by atoms with Gasteiger partial charge in [0.15, 0.2) is 0 Å². The van der Waals surface area contributed by atoms with Gasteiger partial charge in [-0.05, 0) is 0 Å². The third-order valence-electron chi connectivity index (χ3n) is 1.51. The van der Waals surface area contributed by atoms with Gasteiger partial charge in [-0.15, -0.1) is 0 Å². The van der Waals surface area contributed by atoms with Crippen molar-refractivity contribution in [2.75, 3.05) is 26.4 Å². The van der Waals surface area contributed by atoms with E-state index in [9.17, 15) is 0 Å². The second-order valence-corrected chi connectivity index (χ2v) is 3.47. The van der Waals surface area contributed by atoms with Gasteiger partial charge in [0.05, 0.1) is 13.2 Å². The van der Waals surface area contributed by atoms with Gasteiger partial charge >= 0.3 is 0 Å². The van der Waals surface area contributed by atoms with Crippen molar-refractivity contribution in [2.24, 2.45) is 5.92 Å². The molecule has 3 nitrogen and oxygen atoms in total. The van der Waals surface area contributed by atoms with Crippen molar-refractivity contribution in [2.45, 2.75) is 26.8 Å². The van der Waals surface area contributed by atoms with Crippen LogP contribution in [0.5, 0.6) is 0 Å². The average molecular weight is 175 g/mol. The molecule has 0 rings (SSSR count). The monoisotopic (exact) mass is 175 g/mol. The summed E-state index contributed by atoms with van der Waals surface area (Å²) in [5, 5.41) is 11.9. The highest BCUT2D eigenvalue weighted by molar-refractivity contribution is 4.52. The van der Waals surface area contributed by atoms with E-state index in [0.29, 0.717) is 12.6 Å². The van der Waals surface area contributed by atoms with Crippen LogP contribution in [0.2, 0.25) is 0 Å². The van der Waals surface area contributed by atoms with E-state index in [1.165, 1.54) is 0 Å². The first-order chi connectivity index (χ1) is 5.66. The van der Waals surface area contributed by atoms with Crippen LogP contribution in [0, 0.1) is 5.92 Å². The van der Waals surface area contributed by atoms with E-state index in [-0.39, 0.29) is 12.5 Å².